The standard InChI is InChI=1S/C18H20ClF3N4O3S/c1-2-3-12-10-16(24-23-12)17(27)25-6-8-26(9-7-25)30(28,29)13-4-5-15(19)14(11-13)18(20,21)22/h4-5,10-11H,2-3,6-9H2,1H3,(H,23,24). The van der Waals surface area contributed by atoms with Gasteiger partial charge in [-0.1, -0.05) is 24.9 Å². The predicted octanol–water partition coefficient (Wildman–Crippen LogP) is 3.18. The maximum atomic E-state index is 13.1. The second kappa shape index (κ2) is 8.56. The van der Waals surface area contributed by atoms with E-state index in [4.69, 9.17) is 11.6 Å². The number of aromatic amines is 1. The molecule has 1 amide bonds. The van der Waals surface area contributed by atoms with Gasteiger partial charge in [-0.15, -0.1) is 0 Å². The predicted molar refractivity (Wildman–Crippen MR) is 104 cm³/mol. The minimum absolute atomic E-state index is 0.0374. The number of halogens is 4. The van der Waals surface area contributed by atoms with Crippen molar-refractivity contribution in [3.8, 4) is 0 Å². The summed E-state index contributed by atoms with van der Waals surface area (Å²) in [5.74, 6) is -0.323. The molecule has 2 aromatic rings. The van der Waals surface area contributed by atoms with Gasteiger partial charge in [-0.2, -0.15) is 22.6 Å². The number of hydrogen-bond donors (Lipinski definition) is 1. The summed E-state index contributed by atoms with van der Waals surface area (Å²) in [5.41, 5.74) is -0.118. The van der Waals surface area contributed by atoms with Gasteiger partial charge in [0.05, 0.1) is 15.5 Å². The summed E-state index contributed by atoms with van der Waals surface area (Å²) in [4.78, 5) is 13.6. The van der Waals surface area contributed by atoms with Gasteiger partial charge in [0, 0.05) is 31.9 Å². The summed E-state index contributed by atoms with van der Waals surface area (Å²) in [7, 11) is -4.16. The smallest absolute Gasteiger partial charge is 0.335 e. The zero-order valence-corrected chi connectivity index (χ0v) is 17.6. The van der Waals surface area contributed by atoms with Crippen molar-refractivity contribution >= 4 is 27.5 Å². The molecule has 12 heteroatoms. The number of aromatic nitrogens is 2. The molecule has 164 valence electrons. The van der Waals surface area contributed by atoms with Crippen LogP contribution in [0.3, 0.4) is 0 Å². The molecule has 7 nitrogen and oxygen atoms in total. The molecule has 1 N–H and O–H groups in total. The van der Waals surface area contributed by atoms with E-state index in [1.807, 2.05) is 6.92 Å². The van der Waals surface area contributed by atoms with E-state index >= 15 is 0 Å². The summed E-state index contributed by atoms with van der Waals surface area (Å²) >= 11 is 5.57. The van der Waals surface area contributed by atoms with E-state index < -0.39 is 31.7 Å². The number of amides is 1. The summed E-state index contributed by atoms with van der Waals surface area (Å²) in [6.45, 7) is 2.14. The van der Waals surface area contributed by atoms with Gasteiger partial charge in [-0.25, -0.2) is 8.42 Å². The largest absolute Gasteiger partial charge is 0.417 e. The average molecular weight is 465 g/mol. The first-order valence-electron chi connectivity index (χ1n) is 9.24. The van der Waals surface area contributed by atoms with Crippen molar-refractivity contribution in [2.45, 2.75) is 30.8 Å². The molecule has 0 atom stereocenters. The minimum Gasteiger partial charge on any atom is -0.335 e. The normalized spacial score (nSPS) is 16.1. The highest BCUT2D eigenvalue weighted by atomic mass is 35.5. The average Bonchev–Trinajstić information content (AvgIpc) is 3.16. The zero-order chi connectivity index (χ0) is 22.1. The van der Waals surface area contributed by atoms with E-state index in [-0.39, 0.29) is 37.8 Å². The molecule has 3 rings (SSSR count). The van der Waals surface area contributed by atoms with E-state index in [0.717, 1.165) is 35.0 Å². The summed E-state index contributed by atoms with van der Waals surface area (Å²) < 4.78 is 65.8. The van der Waals surface area contributed by atoms with Gasteiger partial charge >= 0.3 is 6.18 Å². The first kappa shape index (κ1) is 22.6. The van der Waals surface area contributed by atoms with Crippen LogP contribution in [0, 0.1) is 0 Å². The Hall–Kier alpha value is -2.11. The number of nitrogens with zero attached hydrogens (tertiary/aromatic N) is 3. The molecule has 30 heavy (non-hydrogen) atoms. The molecule has 1 aromatic carbocycles. The van der Waals surface area contributed by atoms with Gasteiger partial charge in [0.25, 0.3) is 5.91 Å². The molecular weight excluding hydrogens is 445 g/mol. The Morgan fingerprint density at radius 2 is 1.87 bits per heavy atom. The molecule has 1 saturated heterocycles. The highest BCUT2D eigenvalue weighted by Crippen LogP contribution is 2.36. The molecule has 0 unspecified atom stereocenters. The third-order valence-electron chi connectivity index (χ3n) is 4.78. The van der Waals surface area contributed by atoms with Crippen LogP contribution in [-0.2, 0) is 22.6 Å². The number of piperazine rings is 1. The number of hydrogen-bond acceptors (Lipinski definition) is 4. The first-order valence-corrected chi connectivity index (χ1v) is 11.1. The number of H-pyrrole nitrogens is 1. The van der Waals surface area contributed by atoms with Crippen LogP contribution >= 0.6 is 11.6 Å². The van der Waals surface area contributed by atoms with E-state index in [2.05, 4.69) is 10.2 Å². The molecule has 0 spiro atoms. The number of carbonyl (C=O) groups is 1. The summed E-state index contributed by atoms with van der Waals surface area (Å²) in [6, 6.07) is 4.17. The van der Waals surface area contributed by atoms with E-state index in [0.29, 0.717) is 6.07 Å². The summed E-state index contributed by atoms with van der Waals surface area (Å²) in [6.07, 6.45) is -3.12. The molecule has 0 radical (unpaired) electrons. The van der Waals surface area contributed by atoms with E-state index in [9.17, 15) is 26.4 Å². The quantitative estimate of drug-likeness (QED) is 0.736. The second-order valence-electron chi connectivity index (χ2n) is 6.86. The molecule has 1 aliphatic rings. The molecular formula is C18H20ClF3N4O3S. The lowest BCUT2D eigenvalue weighted by Gasteiger charge is -2.33. The highest BCUT2D eigenvalue weighted by Gasteiger charge is 2.36. The van der Waals surface area contributed by atoms with Gasteiger partial charge in [0.2, 0.25) is 10.0 Å². The monoisotopic (exact) mass is 464 g/mol. The third-order valence-corrected chi connectivity index (χ3v) is 7.00. The van der Waals surface area contributed by atoms with Gasteiger partial charge in [-0.3, -0.25) is 9.89 Å². The molecule has 2 heterocycles. The third kappa shape index (κ3) is 4.62. The van der Waals surface area contributed by atoms with Crippen molar-refractivity contribution in [1.82, 2.24) is 19.4 Å². The fourth-order valence-corrected chi connectivity index (χ4v) is 4.87. The Kier molecular flexibility index (Phi) is 6.44. The zero-order valence-electron chi connectivity index (χ0n) is 16.0. The van der Waals surface area contributed by atoms with Gasteiger partial charge in [0.1, 0.15) is 5.69 Å². The van der Waals surface area contributed by atoms with Crippen molar-refractivity contribution in [2.24, 2.45) is 0 Å². The van der Waals surface area contributed by atoms with Crippen LogP contribution in [0.25, 0.3) is 0 Å². The number of aryl methyl sites for hydroxylation is 1. The Morgan fingerprint density at radius 3 is 2.47 bits per heavy atom. The van der Waals surface area contributed by atoms with Crippen LogP contribution in [0.5, 0.6) is 0 Å². The van der Waals surface area contributed by atoms with Crippen LogP contribution in [0.2, 0.25) is 5.02 Å². The number of sulfonamides is 1. The number of carbonyl (C=O) groups excluding carboxylic acids is 1. The maximum absolute atomic E-state index is 13.1. The SMILES string of the molecule is CCCc1cc(C(=O)N2CCN(S(=O)(=O)c3ccc(Cl)c(C(F)(F)F)c3)CC2)n[nH]1. The van der Waals surface area contributed by atoms with Gasteiger partial charge < -0.3 is 4.90 Å². The van der Waals surface area contributed by atoms with Gasteiger partial charge in [0.15, 0.2) is 0 Å². The van der Waals surface area contributed by atoms with Crippen LogP contribution in [0.15, 0.2) is 29.2 Å². The fourth-order valence-electron chi connectivity index (χ4n) is 3.19. The lowest BCUT2D eigenvalue weighted by Crippen LogP contribution is -2.50. The molecule has 0 aliphatic carbocycles. The number of rotatable bonds is 5. The lowest BCUT2D eigenvalue weighted by molar-refractivity contribution is -0.137. The van der Waals surface area contributed by atoms with Crippen molar-refractivity contribution in [1.29, 1.82) is 0 Å². The molecule has 1 fully saturated rings. The van der Waals surface area contributed by atoms with Crippen LogP contribution in [0.4, 0.5) is 13.2 Å². The van der Waals surface area contributed by atoms with E-state index in [1.165, 1.54) is 4.90 Å². The molecule has 0 bridgehead atoms. The van der Waals surface area contributed by atoms with Crippen LogP contribution < -0.4 is 0 Å². The maximum Gasteiger partial charge on any atom is 0.417 e. The van der Waals surface area contributed by atoms with Crippen molar-refractivity contribution in [3.05, 3.63) is 46.2 Å². The van der Waals surface area contributed by atoms with Gasteiger partial charge in [-0.05, 0) is 30.7 Å². The van der Waals surface area contributed by atoms with Crippen LogP contribution in [0.1, 0.15) is 35.1 Å². The van der Waals surface area contributed by atoms with E-state index in [1.54, 1.807) is 6.07 Å². The topological polar surface area (TPSA) is 86.4 Å². The molecule has 1 aliphatic heterocycles. The highest BCUT2D eigenvalue weighted by molar-refractivity contribution is 7.89. The number of alkyl halides is 3. The summed E-state index contributed by atoms with van der Waals surface area (Å²) in [5, 5.41) is 6.22. The number of benzene rings is 1. The first-order chi connectivity index (χ1) is 14.0. The Labute approximate surface area is 176 Å². The number of nitrogens with one attached hydrogen (secondary N) is 1. The Bertz CT molecular complexity index is 1030. The molecule has 0 saturated carbocycles. The van der Waals surface area contributed by atoms with Crippen molar-refractivity contribution in [3.63, 3.8) is 0 Å². The fraction of sp³-hybridized carbons (Fsp3) is 0.444. The van der Waals surface area contributed by atoms with Crippen molar-refractivity contribution < 1.29 is 26.4 Å². The van der Waals surface area contributed by atoms with Crippen LogP contribution in [-0.4, -0.2) is 59.9 Å². The molecule has 1 aromatic heterocycles. The second-order valence-corrected chi connectivity index (χ2v) is 9.21. The Balaban J connectivity index is 1.71. The Morgan fingerprint density at radius 1 is 1.20 bits per heavy atom. The lowest BCUT2D eigenvalue weighted by atomic mass is 10.2. The van der Waals surface area contributed by atoms with Crippen molar-refractivity contribution in [2.75, 3.05) is 26.2 Å². The minimum atomic E-state index is -4.77.